The Kier molecular flexibility index (Phi) is 4.40. The van der Waals surface area contributed by atoms with E-state index in [4.69, 9.17) is 0 Å². The number of aryl methyl sites for hydroxylation is 1. The van der Waals surface area contributed by atoms with Crippen molar-refractivity contribution < 1.29 is 18.3 Å². The van der Waals surface area contributed by atoms with Crippen molar-refractivity contribution in [2.45, 2.75) is 23.8 Å². The molecule has 0 unspecified atom stereocenters. The van der Waals surface area contributed by atoms with Crippen LogP contribution in [0.5, 0.6) is 0 Å². The Morgan fingerprint density at radius 3 is 2.67 bits per heavy atom. The first-order valence-electron chi connectivity index (χ1n) is 6.78. The fraction of sp³-hybridized carbons (Fsp3) is 0.615. The molecule has 1 fully saturated rings. The fourth-order valence-corrected chi connectivity index (χ4v) is 3.84. The summed E-state index contributed by atoms with van der Waals surface area (Å²) in [5, 5.41) is 11.7. The van der Waals surface area contributed by atoms with Crippen molar-refractivity contribution in [1.82, 2.24) is 14.2 Å². The van der Waals surface area contributed by atoms with E-state index in [1.54, 1.807) is 7.05 Å². The summed E-state index contributed by atoms with van der Waals surface area (Å²) < 4.78 is 27.7. The summed E-state index contributed by atoms with van der Waals surface area (Å²) in [4.78, 5) is 11.7. The van der Waals surface area contributed by atoms with Gasteiger partial charge in [-0.2, -0.15) is 0 Å². The molecule has 118 valence electrons. The third-order valence-corrected chi connectivity index (χ3v) is 5.66. The minimum atomic E-state index is -3.62. The molecule has 8 heteroatoms. The van der Waals surface area contributed by atoms with E-state index in [9.17, 15) is 18.3 Å². The van der Waals surface area contributed by atoms with E-state index in [0.717, 1.165) is 0 Å². The van der Waals surface area contributed by atoms with Crippen LogP contribution in [0.25, 0.3) is 0 Å². The molecule has 0 aromatic carbocycles. The first-order valence-corrected chi connectivity index (χ1v) is 8.22. The maximum Gasteiger partial charge on any atom is 0.267 e. The first-order chi connectivity index (χ1) is 9.75. The first kappa shape index (κ1) is 16.0. The molecule has 2 rings (SSSR count). The second-order valence-corrected chi connectivity index (χ2v) is 7.57. The average Bonchev–Trinajstić information content (AvgIpc) is 2.78. The number of nitrogens with one attached hydrogen (secondary N) is 1. The minimum Gasteiger partial charge on any atom is -0.393 e. The monoisotopic (exact) mass is 315 g/mol. The molecule has 0 radical (unpaired) electrons. The molecule has 7 nitrogen and oxygen atoms in total. The van der Waals surface area contributed by atoms with Gasteiger partial charge in [0, 0.05) is 33.9 Å². The van der Waals surface area contributed by atoms with Crippen LogP contribution in [0.15, 0.2) is 17.2 Å². The normalized spacial score (nSPS) is 22.1. The molecule has 0 spiro atoms. The number of aliphatic hydroxyl groups is 1. The van der Waals surface area contributed by atoms with E-state index in [1.807, 2.05) is 0 Å². The predicted octanol–water partition coefficient (Wildman–Crippen LogP) is -0.224. The Morgan fingerprint density at radius 1 is 1.52 bits per heavy atom. The number of nitrogens with zero attached hydrogens (tertiary/aromatic N) is 2. The van der Waals surface area contributed by atoms with E-state index in [2.05, 4.69) is 5.32 Å². The van der Waals surface area contributed by atoms with Gasteiger partial charge in [0.2, 0.25) is 10.0 Å². The van der Waals surface area contributed by atoms with Gasteiger partial charge in [-0.05, 0) is 24.8 Å². The maximum atomic E-state index is 12.5. The lowest BCUT2D eigenvalue weighted by Gasteiger charge is -2.33. The molecular formula is C13H21N3O4S. The summed E-state index contributed by atoms with van der Waals surface area (Å²) in [5.41, 5.74) is 0.295. The van der Waals surface area contributed by atoms with Crippen LogP contribution in [0.4, 0.5) is 0 Å². The molecule has 0 atom stereocenters. The van der Waals surface area contributed by atoms with Crippen molar-refractivity contribution in [2.75, 3.05) is 20.6 Å². The lowest BCUT2D eigenvalue weighted by Crippen LogP contribution is -2.39. The Hall–Kier alpha value is -1.38. The summed E-state index contributed by atoms with van der Waals surface area (Å²) in [6.45, 7) is 0.379. The summed E-state index contributed by atoms with van der Waals surface area (Å²) in [6.07, 6.45) is 2.41. The molecule has 1 heterocycles. The number of carbonyl (C=O) groups is 1. The molecule has 1 aliphatic carbocycles. The second-order valence-electron chi connectivity index (χ2n) is 5.53. The van der Waals surface area contributed by atoms with Gasteiger partial charge >= 0.3 is 0 Å². The number of rotatable bonds is 5. The van der Waals surface area contributed by atoms with Crippen molar-refractivity contribution >= 4 is 15.9 Å². The molecule has 1 aromatic heterocycles. The standard InChI is InChI=1S/C13H21N3O4S/c1-14-13(18)12-6-11(8-15(12)2)21(19,20)16(3)7-9-4-10(17)5-9/h6,8-10,17H,4-5,7H2,1-3H3,(H,14,18). The lowest BCUT2D eigenvalue weighted by molar-refractivity contribution is 0.0367. The van der Waals surface area contributed by atoms with Crippen LogP contribution >= 0.6 is 0 Å². The Morgan fingerprint density at radius 2 is 2.14 bits per heavy atom. The quantitative estimate of drug-likeness (QED) is 0.785. The van der Waals surface area contributed by atoms with Gasteiger partial charge in [-0.1, -0.05) is 0 Å². The van der Waals surface area contributed by atoms with Crippen LogP contribution in [-0.4, -0.2) is 55.0 Å². The van der Waals surface area contributed by atoms with Crippen LogP contribution < -0.4 is 5.32 Å². The van der Waals surface area contributed by atoms with Crippen LogP contribution in [0.1, 0.15) is 23.3 Å². The number of hydrogen-bond donors (Lipinski definition) is 2. The summed E-state index contributed by atoms with van der Waals surface area (Å²) >= 11 is 0. The topological polar surface area (TPSA) is 91.6 Å². The van der Waals surface area contributed by atoms with E-state index in [1.165, 1.54) is 35.2 Å². The van der Waals surface area contributed by atoms with Gasteiger partial charge in [-0.25, -0.2) is 12.7 Å². The van der Waals surface area contributed by atoms with E-state index in [-0.39, 0.29) is 22.8 Å². The number of aromatic nitrogens is 1. The van der Waals surface area contributed by atoms with E-state index >= 15 is 0 Å². The summed E-state index contributed by atoms with van der Waals surface area (Å²) in [7, 11) is 1.03. The molecule has 0 aliphatic heterocycles. The van der Waals surface area contributed by atoms with Gasteiger partial charge in [0.25, 0.3) is 5.91 Å². The van der Waals surface area contributed by atoms with Crippen molar-refractivity contribution in [2.24, 2.45) is 13.0 Å². The lowest BCUT2D eigenvalue weighted by atomic mass is 9.82. The fourth-order valence-electron chi connectivity index (χ4n) is 2.52. The second kappa shape index (κ2) is 5.78. The number of aliphatic hydroxyl groups excluding tert-OH is 1. The predicted molar refractivity (Wildman–Crippen MR) is 77.3 cm³/mol. The van der Waals surface area contributed by atoms with Gasteiger partial charge in [0.1, 0.15) is 10.6 Å². The van der Waals surface area contributed by atoms with Crippen LogP contribution in [-0.2, 0) is 17.1 Å². The van der Waals surface area contributed by atoms with Gasteiger partial charge in [0.05, 0.1) is 6.10 Å². The zero-order chi connectivity index (χ0) is 15.8. The minimum absolute atomic E-state index is 0.103. The average molecular weight is 315 g/mol. The van der Waals surface area contributed by atoms with Gasteiger partial charge in [0.15, 0.2) is 0 Å². The molecule has 1 amide bonds. The highest BCUT2D eigenvalue weighted by Crippen LogP contribution is 2.29. The van der Waals surface area contributed by atoms with Crippen molar-refractivity contribution in [3.63, 3.8) is 0 Å². The Balaban J connectivity index is 2.17. The van der Waals surface area contributed by atoms with E-state index < -0.39 is 10.0 Å². The number of carbonyl (C=O) groups excluding carboxylic acids is 1. The van der Waals surface area contributed by atoms with Crippen molar-refractivity contribution in [3.05, 3.63) is 18.0 Å². The van der Waals surface area contributed by atoms with Gasteiger partial charge in [-0.15, -0.1) is 0 Å². The SMILES string of the molecule is CNC(=O)c1cc(S(=O)(=O)N(C)CC2CC(O)C2)cn1C. The van der Waals surface area contributed by atoms with E-state index in [0.29, 0.717) is 25.1 Å². The van der Waals surface area contributed by atoms with Crippen molar-refractivity contribution in [3.8, 4) is 0 Å². The molecule has 21 heavy (non-hydrogen) atoms. The molecular weight excluding hydrogens is 294 g/mol. The zero-order valence-electron chi connectivity index (χ0n) is 12.4. The number of amides is 1. The van der Waals surface area contributed by atoms with Gasteiger partial charge in [-0.3, -0.25) is 4.79 Å². The highest BCUT2D eigenvalue weighted by molar-refractivity contribution is 7.89. The highest BCUT2D eigenvalue weighted by atomic mass is 32.2. The molecule has 1 saturated carbocycles. The smallest absolute Gasteiger partial charge is 0.267 e. The maximum absolute atomic E-state index is 12.5. The number of sulfonamides is 1. The third kappa shape index (κ3) is 3.12. The molecule has 2 N–H and O–H groups in total. The molecule has 0 saturated heterocycles. The summed E-state index contributed by atoms with van der Waals surface area (Å²) in [5.74, 6) is -0.134. The Labute approximate surface area is 124 Å². The zero-order valence-corrected chi connectivity index (χ0v) is 13.2. The van der Waals surface area contributed by atoms with Crippen molar-refractivity contribution in [1.29, 1.82) is 0 Å². The third-order valence-electron chi connectivity index (χ3n) is 3.87. The van der Waals surface area contributed by atoms with Gasteiger partial charge < -0.3 is 15.0 Å². The molecule has 1 aliphatic rings. The molecule has 1 aromatic rings. The largest absolute Gasteiger partial charge is 0.393 e. The van der Waals surface area contributed by atoms with Crippen LogP contribution in [0.2, 0.25) is 0 Å². The molecule has 0 bridgehead atoms. The Bertz CT molecular complexity index is 632. The summed E-state index contributed by atoms with van der Waals surface area (Å²) in [6, 6.07) is 1.38. The van der Waals surface area contributed by atoms with Crippen LogP contribution in [0.3, 0.4) is 0 Å². The number of hydrogen-bond acceptors (Lipinski definition) is 4. The highest BCUT2D eigenvalue weighted by Gasteiger charge is 2.32. The van der Waals surface area contributed by atoms with Crippen LogP contribution in [0, 0.1) is 5.92 Å².